The van der Waals surface area contributed by atoms with Crippen LogP contribution >= 0.6 is 11.6 Å². The Bertz CT molecular complexity index is 258. The highest BCUT2D eigenvalue weighted by Crippen LogP contribution is 2.27. The number of benzene rings is 1. The molecule has 0 radical (unpaired) electrons. The number of unbranched alkanes of at least 4 members (excludes halogenated alkanes) is 1. The zero-order valence-corrected chi connectivity index (χ0v) is 7.93. The minimum atomic E-state index is 0.185. The Balaban J connectivity index is 2.78. The Kier molecular flexibility index (Phi) is 3.42. The van der Waals surface area contributed by atoms with Gasteiger partial charge >= 0.3 is 0 Å². The molecule has 0 aliphatic heterocycles. The van der Waals surface area contributed by atoms with Gasteiger partial charge in [-0.2, -0.15) is 0 Å². The summed E-state index contributed by atoms with van der Waals surface area (Å²) in [5, 5.41) is 9.77. The quantitative estimate of drug-likeness (QED) is 0.764. The van der Waals surface area contributed by atoms with Crippen molar-refractivity contribution in [1.29, 1.82) is 0 Å². The summed E-state index contributed by atoms with van der Waals surface area (Å²) in [6.07, 6.45) is 3.21. The topological polar surface area (TPSA) is 20.2 Å². The van der Waals surface area contributed by atoms with E-state index in [2.05, 4.69) is 6.92 Å². The largest absolute Gasteiger partial charge is 0.506 e. The maximum Gasteiger partial charge on any atom is 0.134 e. The zero-order valence-electron chi connectivity index (χ0n) is 7.18. The van der Waals surface area contributed by atoms with Gasteiger partial charge in [0.05, 0.1) is 5.02 Å². The fourth-order valence-electron chi connectivity index (χ4n) is 1.13. The third kappa shape index (κ3) is 2.15. The van der Waals surface area contributed by atoms with E-state index >= 15 is 0 Å². The van der Waals surface area contributed by atoms with Crippen LogP contribution in [-0.4, -0.2) is 5.11 Å². The molecule has 1 N–H and O–H groups in total. The number of aryl methyl sites for hydroxylation is 1. The van der Waals surface area contributed by atoms with Crippen LogP contribution in [0, 0.1) is 0 Å². The molecule has 0 saturated heterocycles. The van der Waals surface area contributed by atoms with E-state index in [1.807, 2.05) is 12.1 Å². The van der Waals surface area contributed by atoms with Gasteiger partial charge in [-0.05, 0) is 24.5 Å². The average molecular weight is 185 g/mol. The predicted octanol–water partition coefficient (Wildman–Crippen LogP) is 3.39. The molecular weight excluding hydrogens is 172 g/mol. The molecule has 1 nitrogen and oxygen atoms in total. The van der Waals surface area contributed by atoms with Crippen LogP contribution in [0.1, 0.15) is 25.3 Å². The average Bonchev–Trinajstić information content (AvgIpc) is 2.08. The second kappa shape index (κ2) is 4.36. The molecule has 0 atom stereocenters. The first-order chi connectivity index (χ1) is 5.75. The van der Waals surface area contributed by atoms with Gasteiger partial charge in [0.25, 0.3) is 0 Å². The van der Waals surface area contributed by atoms with Crippen LogP contribution in [0.4, 0.5) is 0 Å². The molecule has 0 aliphatic carbocycles. The van der Waals surface area contributed by atoms with Crippen LogP contribution in [0.5, 0.6) is 5.75 Å². The second-order valence-corrected chi connectivity index (χ2v) is 3.23. The van der Waals surface area contributed by atoms with Gasteiger partial charge in [-0.15, -0.1) is 0 Å². The Morgan fingerprint density at radius 2 is 2.17 bits per heavy atom. The van der Waals surface area contributed by atoms with Gasteiger partial charge in [-0.25, -0.2) is 0 Å². The molecule has 1 aromatic rings. The fourth-order valence-corrected chi connectivity index (χ4v) is 1.35. The van der Waals surface area contributed by atoms with Crippen LogP contribution in [0.3, 0.4) is 0 Å². The molecule has 1 aromatic carbocycles. The smallest absolute Gasteiger partial charge is 0.134 e. The maximum atomic E-state index is 9.27. The van der Waals surface area contributed by atoms with E-state index in [-0.39, 0.29) is 5.75 Å². The molecule has 0 aromatic heterocycles. The number of phenols is 1. The van der Waals surface area contributed by atoms with Crippen LogP contribution < -0.4 is 0 Å². The van der Waals surface area contributed by atoms with Gasteiger partial charge in [0, 0.05) is 0 Å². The second-order valence-electron chi connectivity index (χ2n) is 2.85. The molecule has 66 valence electrons. The summed E-state index contributed by atoms with van der Waals surface area (Å²) in [7, 11) is 0. The number of aromatic hydroxyl groups is 1. The Hall–Kier alpha value is -0.690. The number of halogens is 1. The molecule has 0 amide bonds. The SMILES string of the molecule is CCCCc1cccc(O)c1Cl. The lowest BCUT2D eigenvalue weighted by Gasteiger charge is -2.03. The van der Waals surface area contributed by atoms with E-state index in [1.165, 1.54) is 0 Å². The van der Waals surface area contributed by atoms with Crippen molar-refractivity contribution >= 4 is 11.6 Å². The van der Waals surface area contributed by atoms with Crippen molar-refractivity contribution in [2.45, 2.75) is 26.2 Å². The van der Waals surface area contributed by atoms with Crippen LogP contribution in [-0.2, 0) is 6.42 Å². The first-order valence-electron chi connectivity index (χ1n) is 4.22. The molecule has 0 unspecified atom stereocenters. The van der Waals surface area contributed by atoms with Gasteiger partial charge in [-0.1, -0.05) is 37.1 Å². The Morgan fingerprint density at radius 3 is 2.83 bits per heavy atom. The minimum Gasteiger partial charge on any atom is -0.506 e. The number of rotatable bonds is 3. The fraction of sp³-hybridized carbons (Fsp3) is 0.400. The monoisotopic (exact) mass is 184 g/mol. The summed E-state index contributed by atoms with van der Waals surface area (Å²) in [5.41, 5.74) is 1.04. The van der Waals surface area contributed by atoms with E-state index in [0.717, 1.165) is 24.8 Å². The lowest BCUT2D eigenvalue weighted by molar-refractivity contribution is 0.474. The van der Waals surface area contributed by atoms with Crippen LogP contribution in [0.2, 0.25) is 5.02 Å². The van der Waals surface area contributed by atoms with Crippen molar-refractivity contribution < 1.29 is 5.11 Å². The number of hydrogen-bond acceptors (Lipinski definition) is 1. The summed E-state index contributed by atoms with van der Waals surface area (Å²) in [4.78, 5) is 0. The predicted molar refractivity (Wildman–Crippen MR) is 51.7 cm³/mol. The maximum absolute atomic E-state index is 9.27. The number of phenolic OH excluding ortho intramolecular Hbond substituents is 1. The van der Waals surface area contributed by atoms with Crippen molar-refractivity contribution in [3.63, 3.8) is 0 Å². The third-order valence-corrected chi connectivity index (χ3v) is 2.29. The third-order valence-electron chi connectivity index (χ3n) is 1.86. The first kappa shape index (κ1) is 9.40. The highest BCUT2D eigenvalue weighted by Gasteiger charge is 2.02. The van der Waals surface area contributed by atoms with Gasteiger partial charge in [-0.3, -0.25) is 0 Å². The highest BCUT2D eigenvalue weighted by atomic mass is 35.5. The van der Waals surface area contributed by atoms with Crippen molar-refractivity contribution in [3.05, 3.63) is 28.8 Å². The molecule has 0 bridgehead atoms. The van der Waals surface area contributed by atoms with Crippen LogP contribution in [0.25, 0.3) is 0 Å². The Labute approximate surface area is 78.0 Å². The molecule has 1 rings (SSSR count). The lowest BCUT2D eigenvalue weighted by Crippen LogP contribution is -1.85. The van der Waals surface area contributed by atoms with Gasteiger partial charge < -0.3 is 5.11 Å². The van der Waals surface area contributed by atoms with Crippen molar-refractivity contribution in [3.8, 4) is 5.75 Å². The summed E-state index contributed by atoms with van der Waals surface area (Å²) in [6, 6.07) is 5.39. The van der Waals surface area contributed by atoms with Crippen molar-refractivity contribution in [2.75, 3.05) is 0 Å². The molecule has 0 saturated carbocycles. The Morgan fingerprint density at radius 1 is 1.42 bits per heavy atom. The summed E-state index contributed by atoms with van der Waals surface area (Å²) >= 11 is 5.88. The van der Waals surface area contributed by atoms with E-state index in [4.69, 9.17) is 11.6 Å². The standard InChI is InChI=1S/C10H13ClO/c1-2-3-5-8-6-4-7-9(12)10(8)11/h4,6-7,12H,2-3,5H2,1H3. The van der Waals surface area contributed by atoms with Crippen molar-refractivity contribution in [2.24, 2.45) is 0 Å². The van der Waals surface area contributed by atoms with Gasteiger partial charge in [0.1, 0.15) is 5.75 Å². The van der Waals surface area contributed by atoms with E-state index in [9.17, 15) is 5.11 Å². The summed E-state index contributed by atoms with van der Waals surface area (Å²) < 4.78 is 0. The van der Waals surface area contributed by atoms with Gasteiger partial charge in [0.2, 0.25) is 0 Å². The zero-order chi connectivity index (χ0) is 8.97. The molecule has 0 spiro atoms. The number of hydrogen-bond donors (Lipinski definition) is 1. The molecule has 2 heteroatoms. The van der Waals surface area contributed by atoms with Crippen LogP contribution in [0.15, 0.2) is 18.2 Å². The molecule has 0 aliphatic rings. The highest BCUT2D eigenvalue weighted by molar-refractivity contribution is 6.32. The normalized spacial score (nSPS) is 10.2. The summed E-state index contributed by atoms with van der Waals surface area (Å²) in [5.74, 6) is 0.185. The first-order valence-corrected chi connectivity index (χ1v) is 4.60. The minimum absolute atomic E-state index is 0.185. The molecule has 12 heavy (non-hydrogen) atoms. The molecule has 0 heterocycles. The van der Waals surface area contributed by atoms with E-state index in [1.54, 1.807) is 6.07 Å². The van der Waals surface area contributed by atoms with Gasteiger partial charge in [0.15, 0.2) is 0 Å². The van der Waals surface area contributed by atoms with Crippen molar-refractivity contribution in [1.82, 2.24) is 0 Å². The molecule has 0 fully saturated rings. The van der Waals surface area contributed by atoms with E-state index < -0.39 is 0 Å². The van der Waals surface area contributed by atoms with E-state index in [0.29, 0.717) is 5.02 Å². The molecular formula is C10H13ClO. The summed E-state index contributed by atoms with van der Waals surface area (Å²) in [6.45, 7) is 2.14. The lowest BCUT2D eigenvalue weighted by atomic mass is 10.1.